The highest BCUT2D eigenvalue weighted by Gasteiger charge is 2.32. The van der Waals surface area contributed by atoms with E-state index in [4.69, 9.17) is 25.8 Å². The number of allylic oxidation sites excluding steroid dienone is 1. The number of fused-ring (bicyclic) bond motifs is 1. The van der Waals surface area contributed by atoms with Crippen molar-refractivity contribution >= 4 is 29.4 Å². The van der Waals surface area contributed by atoms with E-state index >= 15 is 0 Å². The molecule has 0 radical (unpaired) electrons. The lowest BCUT2D eigenvalue weighted by atomic mass is 10.1. The number of hydrogen-bond acceptors (Lipinski definition) is 5. The maximum Gasteiger partial charge on any atom is 0.340 e. The van der Waals surface area contributed by atoms with Crippen LogP contribution in [0.1, 0.15) is 34.3 Å². The molecule has 0 N–H and O–H groups in total. The number of hydrogen-bond donors (Lipinski definition) is 0. The highest BCUT2D eigenvalue weighted by atomic mass is 35.5. The minimum absolute atomic E-state index is 0.0484. The van der Waals surface area contributed by atoms with Crippen molar-refractivity contribution in [2.75, 3.05) is 6.61 Å². The Morgan fingerprint density at radius 3 is 2.86 bits per heavy atom. The number of benzene rings is 2. The monoisotopic (exact) mass is 402 g/mol. The topological polar surface area (TPSA) is 61.8 Å². The van der Waals surface area contributed by atoms with Gasteiger partial charge in [-0.2, -0.15) is 0 Å². The predicted octanol–water partition coefficient (Wildman–Crippen LogP) is 4.49. The molecule has 0 spiro atoms. The lowest BCUT2D eigenvalue weighted by Crippen LogP contribution is -2.25. The maximum absolute atomic E-state index is 14.0. The Morgan fingerprint density at radius 1 is 1.32 bits per heavy atom. The molecule has 1 fully saturated rings. The molecule has 1 atom stereocenters. The Balaban J connectivity index is 1.63. The second-order valence-electron chi connectivity index (χ2n) is 6.56. The van der Waals surface area contributed by atoms with E-state index in [0.717, 1.165) is 6.42 Å². The Kier molecular flexibility index (Phi) is 4.91. The number of carbonyl (C=O) groups excluding carboxylic acids is 2. The molecule has 0 bridgehead atoms. The highest BCUT2D eigenvalue weighted by molar-refractivity contribution is 6.32. The molecule has 2 aromatic carbocycles. The molecule has 4 rings (SSSR count). The van der Waals surface area contributed by atoms with Crippen molar-refractivity contribution < 1.29 is 28.2 Å². The first-order valence-corrected chi connectivity index (χ1v) is 9.18. The molecule has 0 amide bonds. The molecule has 0 aromatic heterocycles. The van der Waals surface area contributed by atoms with Crippen molar-refractivity contribution in [3.8, 4) is 11.5 Å². The van der Waals surface area contributed by atoms with Crippen LogP contribution in [0.2, 0.25) is 5.02 Å². The van der Waals surface area contributed by atoms with Crippen LogP contribution >= 0.6 is 11.6 Å². The number of Topliss-reactive ketones (excluding diaryl/α,β-unsaturated/α-hetero) is 1. The first kappa shape index (κ1) is 18.7. The largest absolute Gasteiger partial charge is 0.452 e. The number of rotatable bonds is 3. The summed E-state index contributed by atoms with van der Waals surface area (Å²) in [4.78, 5) is 24.8. The number of ether oxygens (including phenoxy) is 3. The molecule has 2 heterocycles. The van der Waals surface area contributed by atoms with Gasteiger partial charge in [-0.25, -0.2) is 9.18 Å². The minimum atomic E-state index is -0.575. The van der Waals surface area contributed by atoms with Gasteiger partial charge in [0.25, 0.3) is 0 Å². The molecule has 28 heavy (non-hydrogen) atoms. The zero-order chi connectivity index (χ0) is 19.8. The summed E-state index contributed by atoms with van der Waals surface area (Å²) in [6.45, 7) is 2.22. The lowest BCUT2D eigenvalue weighted by Gasteiger charge is -2.12. The summed E-state index contributed by atoms with van der Waals surface area (Å²) in [6.07, 6.45) is 2.13. The van der Waals surface area contributed by atoms with Gasteiger partial charge >= 0.3 is 5.97 Å². The average Bonchev–Trinajstić information content (AvgIpc) is 3.30. The molecule has 0 aliphatic carbocycles. The Morgan fingerprint density at radius 2 is 2.14 bits per heavy atom. The van der Waals surface area contributed by atoms with Crippen molar-refractivity contribution in [2.24, 2.45) is 0 Å². The molecular formula is C21H16ClFO5. The van der Waals surface area contributed by atoms with Gasteiger partial charge in [0.2, 0.25) is 5.78 Å². The van der Waals surface area contributed by atoms with Crippen LogP contribution < -0.4 is 9.47 Å². The van der Waals surface area contributed by atoms with E-state index in [9.17, 15) is 14.0 Å². The zero-order valence-electron chi connectivity index (χ0n) is 15.0. The molecule has 7 heteroatoms. The first-order valence-electron chi connectivity index (χ1n) is 8.81. The van der Waals surface area contributed by atoms with Crippen LogP contribution in [0.4, 0.5) is 4.39 Å². The van der Waals surface area contributed by atoms with Crippen LogP contribution in [0.3, 0.4) is 0 Å². The fourth-order valence-electron chi connectivity index (χ4n) is 3.20. The van der Waals surface area contributed by atoms with E-state index < -0.39 is 23.7 Å². The van der Waals surface area contributed by atoms with Gasteiger partial charge in [0.05, 0.1) is 10.6 Å². The number of esters is 1. The van der Waals surface area contributed by atoms with Crippen LogP contribution in [0, 0.1) is 12.7 Å². The van der Waals surface area contributed by atoms with Gasteiger partial charge in [-0.3, -0.25) is 4.79 Å². The van der Waals surface area contributed by atoms with E-state index in [1.807, 2.05) is 0 Å². The average molecular weight is 403 g/mol. The number of carbonyl (C=O) groups is 2. The van der Waals surface area contributed by atoms with Gasteiger partial charge in [-0.1, -0.05) is 17.7 Å². The van der Waals surface area contributed by atoms with Gasteiger partial charge in [-0.15, -0.1) is 0 Å². The van der Waals surface area contributed by atoms with Crippen LogP contribution in [0.15, 0.2) is 36.1 Å². The van der Waals surface area contributed by atoms with Gasteiger partial charge in [0.15, 0.2) is 11.9 Å². The fourth-order valence-corrected chi connectivity index (χ4v) is 3.41. The normalized spacial score (nSPS) is 19.6. The summed E-state index contributed by atoms with van der Waals surface area (Å²) < 4.78 is 30.5. The van der Waals surface area contributed by atoms with Crippen LogP contribution in [0.5, 0.6) is 11.5 Å². The quantitative estimate of drug-likeness (QED) is 0.430. The summed E-state index contributed by atoms with van der Waals surface area (Å²) in [5, 5.41) is 0.169. The van der Waals surface area contributed by atoms with Gasteiger partial charge < -0.3 is 14.2 Å². The van der Waals surface area contributed by atoms with Crippen molar-refractivity contribution in [2.45, 2.75) is 25.9 Å². The summed E-state index contributed by atoms with van der Waals surface area (Å²) in [7, 11) is 0. The number of halogens is 2. The lowest BCUT2D eigenvalue weighted by molar-refractivity contribution is -0.144. The first-order chi connectivity index (χ1) is 13.5. The third-order valence-corrected chi connectivity index (χ3v) is 5.04. The van der Waals surface area contributed by atoms with Crippen molar-refractivity contribution in [1.82, 2.24) is 0 Å². The van der Waals surface area contributed by atoms with Crippen LogP contribution in [-0.4, -0.2) is 24.5 Å². The van der Waals surface area contributed by atoms with Crippen LogP contribution in [0.25, 0.3) is 6.08 Å². The number of ketones is 1. The second kappa shape index (κ2) is 7.37. The smallest absolute Gasteiger partial charge is 0.340 e. The summed E-state index contributed by atoms with van der Waals surface area (Å²) in [5.41, 5.74) is 0.886. The molecule has 2 aliphatic rings. The highest BCUT2D eigenvalue weighted by Crippen LogP contribution is 2.40. The van der Waals surface area contributed by atoms with Gasteiger partial charge in [0, 0.05) is 17.7 Å². The summed E-state index contributed by atoms with van der Waals surface area (Å²) in [5.74, 6) is -0.908. The molecule has 2 aliphatic heterocycles. The molecule has 144 valence electrons. The summed E-state index contributed by atoms with van der Waals surface area (Å²) >= 11 is 6.02. The van der Waals surface area contributed by atoms with Crippen molar-refractivity contribution in [3.63, 3.8) is 0 Å². The predicted molar refractivity (Wildman–Crippen MR) is 100 cm³/mol. The molecule has 0 saturated carbocycles. The van der Waals surface area contributed by atoms with E-state index in [2.05, 4.69) is 0 Å². The summed E-state index contributed by atoms with van der Waals surface area (Å²) in [6, 6.07) is 7.31. The molecule has 5 nitrogen and oxygen atoms in total. The second-order valence-corrected chi connectivity index (χ2v) is 6.97. The van der Waals surface area contributed by atoms with E-state index in [1.165, 1.54) is 30.3 Å². The molecule has 1 saturated heterocycles. The van der Waals surface area contributed by atoms with Crippen LogP contribution in [-0.2, 0) is 9.53 Å². The van der Waals surface area contributed by atoms with E-state index in [0.29, 0.717) is 24.2 Å². The maximum atomic E-state index is 14.0. The molecular weight excluding hydrogens is 387 g/mol. The fraction of sp³-hybridized carbons (Fsp3) is 0.238. The van der Waals surface area contributed by atoms with Gasteiger partial charge in [-0.05, 0) is 50.1 Å². The minimum Gasteiger partial charge on any atom is -0.452 e. The Labute approximate surface area is 165 Å². The SMILES string of the molecule is Cc1c(OC(=O)C2CCCO2)ccc2c1O/C(=C\c1c(F)cccc1Cl)C2=O. The third-order valence-electron chi connectivity index (χ3n) is 4.71. The van der Waals surface area contributed by atoms with E-state index in [-0.39, 0.29) is 27.8 Å². The van der Waals surface area contributed by atoms with E-state index in [1.54, 1.807) is 13.0 Å². The van der Waals surface area contributed by atoms with Crippen molar-refractivity contribution in [1.29, 1.82) is 0 Å². The molecule has 2 aromatic rings. The zero-order valence-corrected chi connectivity index (χ0v) is 15.7. The third kappa shape index (κ3) is 3.30. The Hall–Kier alpha value is -2.70. The van der Waals surface area contributed by atoms with Gasteiger partial charge in [0.1, 0.15) is 17.3 Å². The Bertz CT molecular complexity index is 988. The molecule has 1 unspecified atom stereocenters. The van der Waals surface area contributed by atoms with Crippen molar-refractivity contribution in [3.05, 3.63) is 63.6 Å². The standard InChI is InChI=1S/C21H16ClFO5/c1-11-16(28-21(25)17-6-3-9-26-17)8-7-12-19(24)18(27-20(11)12)10-13-14(22)4-2-5-15(13)23/h2,4-5,7-8,10,17H,3,6,9H2,1H3/b18-10-.